The van der Waals surface area contributed by atoms with Gasteiger partial charge in [-0.1, -0.05) is 11.6 Å². The van der Waals surface area contributed by atoms with E-state index in [4.69, 9.17) is 21.1 Å². The highest BCUT2D eigenvalue weighted by Gasteiger charge is 2.32. The van der Waals surface area contributed by atoms with Crippen LogP contribution < -0.4 is 9.47 Å². The van der Waals surface area contributed by atoms with E-state index in [2.05, 4.69) is 4.98 Å². The van der Waals surface area contributed by atoms with Gasteiger partial charge in [-0.15, -0.1) is 0 Å². The summed E-state index contributed by atoms with van der Waals surface area (Å²) in [6.45, 7) is 3.41. The molecule has 1 aliphatic heterocycles. The summed E-state index contributed by atoms with van der Waals surface area (Å²) in [4.78, 5) is 4.16. The second-order valence-corrected chi connectivity index (χ2v) is 8.94. The third kappa shape index (κ3) is 4.54. The predicted octanol–water partition coefficient (Wildman–Crippen LogP) is 3.53. The van der Waals surface area contributed by atoms with Gasteiger partial charge in [-0.25, -0.2) is 8.42 Å². The molecule has 1 aromatic heterocycles. The smallest absolute Gasteiger partial charge is 0.246 e. The lowest BCUT2D eigenvalue weighted by Gasteiger charge is -2.31. The first-order valence-electron chi connectivity index (χ1n) is 8.79. The number of sulfonamides is 1. The van der Waals surface area contributed by atoms with E-state index in [9.17, 15) is 8.42 Å². The van der Waals surface area contributed by atoms with Gasteiger partial charge in [0.2, 0.25) is 10.0 Å². The van der Waals surface area contributed by atoms with Crippen LogP contribution in [0.25, 0.3) is 0 Å². The second kappa shape index (κ2) is 8.46. The van der Waals surface area contributed by atoms with E-state index in [1.165, 1.54) is 17.5 Å². The standard InChI is InChI=1S/C19H23ClN2O4S/c1-14-12-21-8-5-17(14)26-13-15-6-9-22(10-7-15)27(23,24)19-11-16(20)3-4-18(19)25-2/h3-5,8,11-12,15H,6-7,9-10,13H2,1-2H3. The monoisotopic (exact) mass is 410 g/mol. The van der Waals surface area contributed by atoms with Gasteiger partial charge >= 0.3 is 0 Å². The van der Waals surface area contributed by atoms with Gasteiger partial charge in [0.15, 0.2) is 0 Å². The molecule has 0 amide bonds. The van der Waals surface area contributed by atoms with Crippen LogP contribution in [0.15, 0.2) is 41.6 Å². The molecule has 0 bridgehead atoms. The van der Waals surface area contributed by atoms with Crippen molar-refractivity contribution < 1.29 is 17.9 Å². The first-order valence-corrected chi connectivity index (χ1v) is 10.6. The molecule has 8 heteroatoms. The van der Waals surface area contributed by atoms with Crippen molar-refractivity contribution in [1.82, 2.24) is 9.29 Å². The first kappa shape index (κ1) is 19.9. The molecule has 3 rings (SSSR count). The van der Waals surface area contributed by atoms with Crippen molar-refractivity contribution in [1.29, 1.82) is 0 Å². The van der Waals surface area contributed by atoms with Crippen LogP contribution in [0.1, 0.15) is 18.4 Å². The summed E-state index contributed by atoms with van der Waals surface area (Å²) in [6.07, 6.45) is 4.96. The number of hydrogen-bond acceptors (Lipinski definition) is 5. The molecule has 0 aliphatic carbocycles. The third-order valence-corrected chi connectivity index (χ3v) is 6.92. The van der Waals surface area contributed by atoms with Crippen LogP contribution in [0.5, 0.6) is 11.5 Å². The topological polar surface area (TPSA) is 68.7 Å². The second-order valence-electron chi connectivity index (χ2n) is 6.59. The normalized spacial score (nSPS) is 16.3. The van der Waals surface area contributed by atoms with Crippen molar-refractivity contribution in [2.45, 2.75) is 24.7 Å². The number of rotatable bonds is 6. The number of piperidine rings is 1. The third-order valence-electron chi connectivity index (χ3n) is 4.76. The molecule has 2 heterocycles. The lowest BCUT2D eigenvalue weighted by molar-refractivity contribution is 0.184. The van der Waals surface area contributed by atoms with Crippen LogP contribution in [-0.2, 0) is 10.0 Å². The molecule has 0 spiro atoms. The zero-order chi connectivity index (χ0) is 19.4. The minimum Gasteiger partial charge on any atom is -0.495 e. The minimum atomic E-state index is -3.65. The number of aromatic nitrogens is 1. The fourth-order valence-electron chi connectivity index (χ4n) is 3.14. The fourth-order valence-corrected chi connectivity index (χ4v) is 5.03. The average molecular weight is 411 g/mol. The summed E-state index contributed by atoms with van der Waals surface area (Å²) in [7, 11) is -2.20. The number of hydrogen-bond donors (Lipinski definition) is 0. The van der Waals surface area contributed by atoms with Crippen LogP contribution in [0.4, 0.5) is 0 Å². The fraction of sp³-hybridized carbons (Fsp3) is 0.421. The van der Waals surface area contributed by atoms with Gasteiger partial charge in [-0.3, -0.25) is 4.98 Å². The largest absolute Gasteiger partial charge is 0.495 e. The van der Waals surface area contributed by atoms with Crippen molar-refractivity contribution in [2.75, 3.05) is 26.8 Å². The van der Waals surface area contributed by atoms with E-state index in [1.54, 1.807) is 24.5 Å². The lowest BCUT2D eigenvalue weighted by atomic mass is 9.99. The van der Waals surface area contributed by atoms with E-state index in [1.807, 2.05) is 13.0 Å². The van der Waals surface area contributed by atoms with Gasteiger partial charge < -0.3 is 9.47 Å². The van der Waals surface area contributed by atoms with E-state index in [-0.39, 0.29) is 4.90 Å². The maximum Gasteiger partial charge on any atom is 0.246 e. The quantitative estimate of drug-likeness (QED) is 0.728. The van der Waals surface area contributed by atoms with Crippen molar-refractivity contribution >= 4 is 21.6 Å². The van der Waals surface area contributed by atoms with Gasteiger partial charge in [0.25, 0.3) is 0 Å². The molecule has 0 N–H and O–H groups in total. The average Bonchev–Trinajstić information content (AvgIpc) is 2.67. The number of pyridine rings is 1. The highest BCUT2D eigenvalue weighted by Crippen LogP contribution is 2.32. The highest BCUT2D eigenvalue weighted by atomic mass is 35.5. The van der Waals surface area contributed by atoms with Gasteiger partial charge in [-0.2, -0.15) is 4.31 Å². The predicted molar refractivity (Wildman–Crippen MR) is 104 cm³/mol. The van der Waals surface area contributed by atoms with Gasteiger partial charge in [-0.05, 0) is 49.9 Å². The zero-order valence-corrected chi connectivity index (χ0v) is 17.0. The minimum absolute atomic E-state index is 0.111. The molecule has 1 fully saturated rings. The SMILES string of the molecule is COc1ccc(Cl)cc1S(=O)(=O)N1CCC(COc2ccncc2C)CC1. The molecule has 2 aromatic rings. The molecular formula is C19H23ClN2O4S. The van der Waals surface area contributed by atoms with Crippen LogP contribution >= 0.6 is 11.6 Å². The molecule has 1 saturated heterocycles. The molecule has 0 atom stereocenters. The van der Waals surface area contributed by atoms with Crippen LogP contribution in [-0.4, -0.2) is 44.5 Å². The van der Waals surface area contributed by atoms with Crippen LogP contribution in [0, 0.1) is 12.8 Å². The number of aryl methyl sites for hydroxylation is 1. The summed E-state index contributed by atoms with van der Waals surface area (Å²) >= 11 is 5.99. The summed E-state index contributed by atoms with van der Waals surface area (Å²) in [5.41, 5.74) is 0.991. The van der Waals surface area contributed by atoms with Gasteiger partial charge in [0, 0.05) is 36.1 Å². The molecule has 0 unspecified atom stereocenters. The zero-order valence-electron chi connectivity index (χ0n) is 15.4. The summed E-state index contributed by atoms with van der Waals surface area (Å²) in [5.74, 6) is 1.44. The van der Waals surface area contributed by atoms with Gasteiger partial charge in [0.05, 0.1) is 13.7 Å². The molecule has 27 heavy (non-hydrogen) atoms. The van der Waals surface area contributed by atoms with E-state index >= 15 is 0 Å². The molecule has 146 valence electrons. The Kier molecular flexibility index (Phi) is 6.24. The summed E-state index contributed by atoms with van der Waals surface area (Å²) in [5, 5.41) is 0.366. The number of ether oxygens (including phenoxy) is 2. The number of benzene rings is 1. The Morgan fingerprint density at radius 2 is 1.96 bits per heavy atom. The van der Waals surface area contributed by atoms with E-state index in [0.717, 1.165) is 24.2 Å². The molecular weight excluding hydrogens is 388 g/mol. The lowest BCUT2D eigenvalue weighted by Crippen LogP contribution is -2.39. The van der Waals surface area contributed by atoms with Crippen molar-refractivity contribution in [3.8, 4) is 11.5 Å². The Bertz CT molecular complexity index is 896. The Morgan fingerprint density at radius 3 is 2.63 bits per heavy atom. The van der Waals surface area contributed by atoms with Gasteiger partial charge in [0.1, 0.15) is 16.4 Å². The summed E-state index contributed by atoms with van der Waals surface area (Å²) in [6, 6.07) is 6.48. The molecule has 6 nitrogen and oxygen atoms in total. The highest BCUT2D eigenvalue weighted by molar-refractivity contribution is 7.89. The first-order chi connectivity index (χ1) is 12.9. The summed E-state index contributed by atoms with van der Waals surface area (Å²) < 4.78 is 38.6. The number of methoxy groups -OCH3 is 1. The van der Waals surface area contributed by atoms with Crippen LogP contribution in [0.2, 0.25) is 5.02 Å². The van der Waals surface area contributed by atoms with Crippen molar-refractivity contribution in [3.05, 3.63) is 47.2 Å². The van der Waals surface area contributed by atoms with Crippen LogP contribution in [0.3, 0.4) is 0 Å². The van der Waals surface area contributed by atoms with Crippen molar-refractivity contribution in [2.24, 2.45) is 5.92 Å². The van der Waals surface area contributed by atoms with E-state index in [0.29, 0.717) is 36.4 Å². The molecule has 1 aromatic carbocycles. The molecule has 0 saturated carbocycles. The maximum absolute atomic E-state index is 13.0. The molecule has 0 radical (unpaired) electrons. The number of halogens is 1. The Morgan fingerprint density at radius 1 is 1.22 bits per heavy atom. The number of nitrogens with zero attached hydrogens (tertiary/aromatic N) is 2. The Labute approximate surface area is 165 Å². The maximum atomic E-state index is 13.0. The van der Waals surface area contributed by atoms with E-state index < -0.39 is 10.0 Å². The molecule has 1 aliphatic rings. The van der Waals surface area contributed by atoms with Crippen molar-refractivity contribution in [3.63, 3.8) is 0 Å². The Balaban J connectivity index is 1.63. The Hall–Kier alpha value is -1.83.